The number of carbonyl (C=O) groups excluding carboxylic acids is 3. The number of rotatable bonds is 12. The molecule has 0 bridgehead atoms. The molecule has 2 aliphatic rings. The van der Waals surface area contributed by atoms with Gasteiger partial charge in [0.25, 0.3) is 0 Å². The van der Waals surface area contributed by atoms with E-state index in [1.165, 1.54) is 4.90 Å². The molecule has 168 valence electrons. The van der Waals surface area contributed by atoms with E-state index in [0.29, 0.717) is 6.42 Å². The molecule has 0 spiro atoms. The zero-order valence-electron chi connectivity index (χ0n) is 18.3. The van der Waals surface area contributed by atoms with Crippen molar-refractivity contribution in [1.82, 2.24) is 10.2 Å². The van der Waals surface area contributed by atoms with Crippen molar-refractivity contribution >= 4 is 17.8 Å². The van der Waals surface area contributed by atoms with Crippen LogP contribution < -0.4 is 5.32 Å². The number of carbonyl (C=O) groups is 3. The first-order valence-corrected chi connectivity index (χ1v) is 11.0. The summed E-state index contributed by atoms with van der Waals surface area (Å²) in [7, 11) is 0. The number of unbranched alkanes of at least 4 members (excludes halogenated alkanes) is 3. The number of esters is 1. The standard InChI is InChI=1S/C23H36N2O5/c1-5-8-9-10-11-12-16(4)21(28)25-15-18(26)13-19(25)20(27)24-23(14-17(23)6-2)22(29)30-7-3/h5-6,16-19,26H,1-2,7-15H2,3-4H3,(H,24,27)/t16-,17+,18+,19-,23+/m0/s1. The summed E-state index contributed by atoms with van der Waals surface area (Å²) in [6.07, 6.45) is 8.10. The van der Waals surface area contributed by atoms with Crippen molar-refractivity contribution in [2.45, 2.75) is 76.5 Å². The molecule has 1 heterocycles. The van der Waals surface area contributed by atoms with Crippen LogP contribution in [0.3, 0.4) is 0 Å². The number of β-amino-alcohol motifs (C(OH)–C–C–N with tert-alkyl or cyclic N) is 1. The summed E-state index contributed by atoms with van der Waals surface area (Å²) in [5.74, 6) is -1.44. The molecule has 2 rings (SSSR count). The van der Waals surface area contributed by atoms with E-state index in [9.17, 15) is 19.5 Å². The van der Waals surface area contributed by atoms with Gasteiger partial charge in [0.2, 0.25) is 11.8 Å². The Morgan fingerprint density at radius 1 is 1.30 bits per heavy atom. The Kier molecular flexibility index (Phi) is 8.65. The second kappa shape index (κ2) is 10.8. The Morgan fingerprint density at radius 2 is 2.03 bits per heavy atom. The lowest BCUT2D eigenvalue weighted by Gasteiger charge is -2.28. The molecule has 7 heteroatoms. The van der Waals surface area contributed by atoms with E-state index in [2.05, 4.69) is 18.5 Å². The van der Waals surface area contributed by atoms with Crippen molar-refractivity contribution < 1.29 is 24.2 Å². The molecule has 2 N–H and O–H groups in total. The fourth-order valence-corrected chi connectivity index (χ4v) is 4.19. The molecular formula is C23H36N2O5. The maximum absolute atomic E-state index is 13.0. The van der Waals surface area contributed by atoms with E-state index in [1.807, 2.05) is 13.0 Å². The third-order valence-electron chi connectivity index (χ3n) is 6.12. The molecule has 0 aromatic rings. The monoisotopic (exact) mass is 420 g/mol. The lowest BCUT2D eigenvalue weighted by molar-refractivity contribution is -0.150. The van der Waals surface area contributed by atoms with Crippen LogP contribution >= 0.6 is 0 Å². The lowest BCUT2D eigenvalue weighted by atomic mass is 10.0. The Bertz CT molecular complexity index is 664. The number of nitrogens with zero attached hydrogens (tertiary/aromatic N) is 1. The van der Waals surface area contributed by atoms with Crippen LogP contribution in [0.1, 0.15) is 58.8 Å². The molecule has 2 amide bonds. The fraction of sp³-hybridized carbons (Fsp3) is 0.696. The van der Waals surface area contributed by atoms with Crippen molar-refractivity contribution in [1.29, 1.82) is 0 Å². The number of nitrogens with one attached hydrogen (secondary N) is 1. The molecule has 0 aromatic heterocycles. The lowest BCUT2D eigenvalue weighted by Crippen LogP contribution is -2.54. The van der Waals surface area contributed by atoms with E-state index in [-0.39, 0.29) is 37.3 Å². The van der Waals surface area contributed by atoms with Gasteiger partial charge in [-0.15, -0.1) is 13.2 Å². The maximum Gasteiger partial charge on any atom is 0.332 e. The van der Waals surface area contributed by atoms with Crippen LogP contribution in [0.4, 0.5) is 0 Å². The Hall–Kier alpha value is -2.15. The van der Waals surface area contributed by atoms with E-state index in [1.54, 1.807) is 13.0 Å². The van der Waals surface area contributed by atoms with Crippen LogP contribution in [0.15, 0.2) is 25.3 Å². The van der Waals surface area contributed by atoms with E-state index in [0.717, 1.165) is 32.1 Å². The average Bonchev–Trinajstić information content (AvgIpc) is 3.30. The van der Waals surface area contributed by atoms with Gasteiger partial charge in [-0.2, -0.15) is 0 Å². The highest BCUT2D eigenvalue weighted by molar-refractivity contribution is 5.95. The van der Waals surface area contributed by atoms with Gasteiger partial charge < -0.3 is 20.1 Å². The molecule has 0 radical (unpaired) electrons. The van der Waals surface area contributed by atoms with Crippen molar-refractivity contribution in [3.05, 3.63) is 25.3 Å². The number of hydrogen-bond acceptors (Lipinski definition) is 5. The minimum absolute atomic E-state index is 0.128. The van der Waals surface area contributed by atoms with E-state index >= 15 is 0 Å². The molecule has 1 aliphatic heterocycles. The van der Waals surface area contributed by atoms with Gasteiger partial charge in [0.1, 0.15) is 11.6 Å². The SMILES string of the molecule is C=CCCCCC[C@H](C)C(=O)N1C[C@H](O)C[C@H]1C(=O)N[C@]1(C(=O)OCC)C[C@H]1C=C. The van der Waals surface area contributed by atoms with Gasteiger partial charge in [-0.05, 0) is 32.6 Å². The molecule has 1 saturated heterocycles. The Labute approximate surface area is 179 Å². The van der Waals surface area contributed by atoms with Crippen molar-refractivity contribution in [3.63, 3.8) is 0 Å². The molecule has 30 heavy (non-hydrogen) atoms. The predicted octanol–water partition coefficient (Wildman–Crippen LogP) is 2.34. The van der Waals surface area contributed by atoms with Gasteiger partial charge in [0.05, 0.1) is 12.7 Å². The molecule has 1 saturated carbocycles. The van der Waals surface area contributed by atoms with Crippen LogP contribution in [0.2, 0.25) is 0 Å². The Balaban J connectivity index is 2.00. The first-order chi connectivity index (χ1) is 14.3. The van der Waals surface area contributed by atoms with Crippen molar-refractivity contribution in [3.8, 4) is 0 Å². The fourth-order valence-electron chi connectivity index (χ4n) is 4.19. The quantitative estimate of drug-likeness (QED) is 0.287. The van der Waals surface area contributed by atoms with Crippen LogP contribution in [0.5, 0.6) is 0 Å². The van der Waals surface area contributed by atoms with Crippen LogP contribution in [-0.2, 0) is 19.1 Å². The zero-order valence-corrected chi connectivity index (χ0v) is 18.3. The first-order valence-electron chi connectivity index (χ1n) is 11.0. The van der Waals surface area contributed by atoms with Gasteiger partial charge in [-0.25, -0.2) is 4.79 Å². The minimum atomic E-state index is -1.10. The highest BCUT2D eigenvalue weighted by Crippen LogP contribution is 2.45. The summed E-state index contributed by atoms with van der Waals surface area (Å²) >= 11 is 0. The van der Waals surface area contributed by atoms with Gasteiger partial charge >= 0.3 is 5.97 Å². The number of aliphatic hydroxyl groups is 1. The van der Waals surface area contributed by atoms with Crippen LogP contribution in [0, 0.1) is 11.8 Å². The van der Waals surface area contributed by atoms with Gasteiger partial charge in [0.15, 0.2) is 0 Å². The summed E-state index contributed by atoms with van der Waals surface area (Å²) in [6.45, 7) is 11.4. The largest absolute Gasteiger partial charge is 0.464 e. The summed E-state index contributed by atoms with van der Waals surface area (Å²) in [5.41, 5.74) is -1.10. The second-order valence-corrected chi connectivity index (χ2v) is 8.45. The maximum atomic E-state index is 13.0. The molecule has 0 unspecified atom stereocenters. The highest BCUT2D eigenvalue weighted by Gasteiger charge is 2.62. The minimum Gasteiger partial charge on any atom is -0.464 e. The number of hydrogen-bond donors (Lipinski definition) is 2. The van der Waals surface area contributed by atoms with Crippen molar-refractivity contribution in [2.75, 3.05) is 13.2 Å². The van der Waals surface area contributed by atoms with Gasteiger partial charge in [0, 0.05) is 24.8 Å². The Morgan fingerprint density at radius 3 is 2.63 bits per heavy atom. The first kappa shape index (κ1) is 24.1. The summed E-state index contributed by atoms with van der Waals surface area (Å²) in [4.78, 5) is 39.9. The number of ether oxygens (including phenoxy) is 1. The molecular weight excluding hydrogens is 384 g/mol. The molecule has 0 aromatic carbocycles. The molecule has 1 aliphatic carbocycles. The van der Waals surface area contributed by atoms with Crippen LogP contribution in [0.25, 0.3) is 0 Å². The topological polar surface area (TPSA) is 95.9 Å². The third-order valence-corrected chi connectivity index (χ3v) is 6.12. The molecule has 2 fully saturated rings. The van der Waals surface area contributed by atoms with Crippen LogP contribution in [-0.4, -0.2) is 58.6 Å². The van der Waals surface area contributed by atoms with E-state index < -0.39 is 29.6 Å². The van der Waals surface area contributed by atoms with Crippen molar-refractivity contribution in [2.24, 2.45) is 11.8 Å². The summed E-state index contributed by atoms with van der Waals surface area (Å²) in [6, 6.07) is -0.784. The second-order valence-electron chi connectivity index (χ2n) is 8.45. The zero-order chi connectivity index (χ0) is 22.3. The third kappa shape index (κ3) is 5.50. The predicted molar refractivity (Wildman–Crippen MR) is 114 cm³/mol. The molecule has 5 atom stereocenters. The smallest absolute Gasteiger partial charge is 0.332 e. The number of allylic oxidation sites excluding steroid dienone is 1. The number of amides is 2. The summed E-state index contributed by atoms with van der Waals surface area (Å²) in [5, 5.41) is 12.9. The normalized spacial score (nSPS) is 28.5. The van der Waals surface area contributed by atoms with E-state index in [4.69, 9.17) is 4.74 Å². The molecule has 7 nitrogen and oxygen atoms in total. The van der Waals surface area contributed by atoms with Gasteiger partial charge in [-0.1, -0.05) is 31.9 Å². The highest BCUT2D eigenvalue weighted by atomic mass is 16.5. The number of aliphatic hydroxyl groups excluding tert-OH is 1. The average molecular weight is 421 g/mol. The number of likely N-dealkylation sites (tertiary alicyclic amines) is 1. The summed E-state index contributed by atoms with van der Waals surface area (Å²) < 4.78 is 5.13. The van der Waals surface area contributed by atoms with Gasteiger partial charge in [-0.3, -0.25) is 9.59 Å².